The molecule has 0 unspecified atom stereocenters. The average Bonchev–Trinajstić information content (AvgIpc) is 2.55. The lowest BCUT2D eigenvalue weighted by molar-refractivity contribution is -0.141. The van der Waals surface area contributed by atoms with Crippen LogP contribution >= 0.6 is 11.6 Å². The van der Waals surface area contributed by atoms with E-state index in [0.717, 1.165) is 0 Å². The number of nitrogens with zero attached hydrogens (tertiary/aromatic N) is 1. The maximum absolute atomic E-state index is 12.1. The molecule has 0 radical (unpaired) electrons. The molecular weight excluding hydrogens is 230 g/mol. The number of hydrogen-bond donors (Lipinski definition) is 0. The van der Waals surface area contributed by atoms with E-state index in [1.807, 2.05) is 13.8 Å². The SMILES string of the molecule is C=C(C(=O)OC)N1CC[C@](Cl)(C(C)C)C1=O. The summed E-state index contributed by atoms with van der Waals surface area (Å²) in [7, 11) is 1.25. The average molecular weight is 246 g/mol. The highest BCUT2D eigenvalue weighted by atomic mass is 35.5. The first-order chi connectivity index (χ1) is 7.34. The van der Waals surface area contributed by atoms with Gasteiger partial charge in [-0.3, -0.25) is 4.79 Å². The van der Waals surface area contributed by atoms with Gasteiger partial charge in [-0.05, 0) is 12.3 Å². The first kappa shape index (κ1) is 13.0. The number of hydrogen-bond acceptors (Lipinski definition) is 3. The second-order valence-electron chi connectivity index (χ2n) is 4.16. The highest BCUT2D eigenvalue weighted by Gasteiger charge is 2.49. The monoisotopic (exact) mass is 245 g/mol. The minimum atomic E-state index is -0.920. The first-order valence-electron chi connectivity index (χ1n) is 5.12. The number of methoxy groups -OCH3 is 1. The predicted molar refractivity (Wildman–Crippen MR) is 60.9 cm³/mol. The second kappa shape index (κ2) is 4.45. The van der Waals surface area contributed by atoms with Crippen LogP contribution in [0, 0.1) is 5.92 Å². The van der Waals surface area contributed by atoms with Gasteiger partial charge in [-0.2, -0.15) is 0 Å². The summed E-state index contributed by atoms with van der Waals surface area (Å²) in [5.74, 6) is -0.852. The fourth-order valence-corrected chi connectivity index (χ4v) is 1.92. The molecule has 1 atom stereocenters. The van der Waals surface area contributed by atoms with Crippen molar-refractivity contribution < 1.29 is 14.3 Å². The van der Waals surface area contributed by atoms with E-state index in [9.17, 15) is 9.59 Å². The molecule has 0 aromatic carbocycles. The number of halogens is 1. The Morgan fingerprint density at radius 1 is 1.62 bits per heavy atom. The molecule has 1 rings (SSSR count). The summed E-state index contributed by atoms with van der Waals surface area (Å²) in [4.78, 5) is 23.7. The summed E-state index contributed by atoms with van der Waals surface area (Å²) in [5, 5.41) is 0. The first-order valence-corrected chi connectivity index (χ1v) is 5.50. The van der Waals surface area contributed by atoms with Gasteiger partial charge in [-0.25, -0.2) is 4.79 Å². The smallest absolute Gasteiger partial charge is 0.354 e. The number of amides is 1. The van der Waals surface area contributed by atoms with Gasteiger partial charge >= 0.3 is 5.97 Å². The highest BCUT2D eigenvalue weighted by Crippen LogP contribution is 2.37. The van der Waals surface area contributed by atoms with Crippen molar-refractivity contribution in [2.45, 2.75) is 25.1 Å². The normalized spacial score (nSPS) is 25.1. The summed E-state index contributed by atoms with van der Waals surface area (Å²) < 4.78 is 4.53. The number of ether oxygens (including phenoxy) is 1. The van der Waals surface area contributed by atoms with Gasteiger partial charge in [0.1, 0.15) is 10.6 Å². The molecule has 1 saturated heterocycles. The highest BCUT2D eigenvalue weighted by molar-refractivity contribution is 6.36. The molecule has 5 heteroatoms. The lowest BCUT2D eigenvalue weighted by Gasteiger charge is -2.24. The molecule has 4 nitrogen and oxygen atoms in total. The molecule has 0 aliphatic carbocycles. The number of alkyl halides is 1. The summed E-state index contributed by atoms with van der Waals surface area (Å²) in [6.07, 6.45) is 0.515. The van der Waals surface area contributed by atoms with Crippen molar-refractivity contribution in [1.29, 1.82) is 0 Å². The van der Waals surface area contributed by atoms with Gasteiger partial charge in [-0.15, -0.1) is 11.6 Å². The van der Waals surface area contributed by atoms with Crippen molar-refractivity contribution in [2.75, 3.05) is 13.7 Å². The molecule has 1 heterocycles. The second-order valence-corrected chi connectivity index (χ2v) is 4.84. The number of carbonyl (C=O) groups excluding carboxylic acids is 2. The van der Waals surface area contributed by atoms with Crippen LogP contribution < -0.4 is 0 Å². The van der Waals surface area contributed by atoms with Gasteiger partial charge in [0, 0.05) is 6.54 Å². The molecule has 0 aromatic rings. The molecule has 0 aromatic heterocycles. The Morgan fingerprint density at radius 3 is 2.56 bits per heavy atom. The predicted octanol–water partition coefficient (Wildman–Crippen LogP) is 1.54. The zero-order valence-corrected chi connectivity index (χ0v) is 10.5. The fraction of sp³-hybridized carbons (Fsp3) is 0.636. The zero-order chi connectivity index (χ0) is 12.5. The molecule has 16 heavy (non-hydrogen) atoms. The summed E-state index contributed by atoms with van der Waals surface area (Å²) in [5.41, 5.74) is 0.0516. The Bertz CT molecular complexity index is 340. The Kier molecular flexibility index (Phi) is 3.63. The molecule has 1 aliphatic heterocycles. The Balaban J connectivity index is 2.87. The molecule has 0 N–H and O–H groups in total. The van der Waals surface area contributed by atoms with E-state index in [2.05, 4.69) is 11.3 Å². The van der Waals surface area contributed by atoms with Crippen LogP contribution in [0.3, 0.4) is 0 Å². The number of esters is 1. The van der Waals surface area contributed by atoms with Gasteiger partial charge < -0.3 is 9.64 Å². The maximum atomic E-state index is 12.1. The van der Waals surface area contributed by atoms with Gasteiger partial charge in [0.15, 0.2) is 0 Å². The molecule has 0 saturated carbocycles. The third kappa shape index (κ3) is 1.94. The van der Waals surface area contributed by atoms with Gasteiger partial charge in [0.05, 0.1) is 7.11 Å². The van der Waals surface area contributed by atoms with Crippen molar-refractivity contribution >= 4 is 23.5 Å². The number of carbonyl (C=O) groups is 2. The van der Waals surface area contributed by atoms with Gasteiger partial charge in [0.2, 0.25) is 5.91 Å². The molecule has 1 aliphatic rings. The standard InChI is InChI=1S/C11H16ClNO3/c1-7(2)11(12)5-6-13(10(11)15)8(3)9(14)16-4/h7H,3,5-6H2,1-2,4H3/t11-/m0/s1. The van der Waals surface area contributed by atoms with Crippen molar-refractivity contribution in [3.05, 3.63) is 12.3 Å². The van der Waals surface area contributed by atoms with E-state index in [1.165, 1.54) is 12.0 Å². The third-order valence-corrected chi connectivity index (χ3v) is 3.75. The minimum Gasteiger partial charge on any atom is -0.464 e. The van der Waals surface area contributed by atoms with E-state index < -0.39 is 10.8 Å². The van der Waals surface area contributed by atoms with Crippen molar-refractivity contribution in [3.8, 4) is 0 Å². The lowest BCUT2D eigenvalue weighted by atomic mass is 9.93. The van der Waals surface area contributed by atoms with Crippen LogP contribution in [0.2, 0.25) is 0 Å². The minimum absolute atomic E-state index is 0.0112. The molecular formula is C11H16ClNO3. The molecule has 1 amide bonds. The number of likely N-dealkylation sites (tertiary alicyclic amines) is 1. The van der Waals surface area contributed by atoms with Crippen LogP contribution in [0.25, 0.3) is 0 Å². The molecule has 90 valence electrons. The van der Waals surface area contributed by atoms with Crippen molar-refractivity contribution in [3.63, 3.8) is 0 Å². The van der Waals surface area contributed by atoms with E-state index in [1.54, 1.807) is 0 Å². The fourth-order valence-electron chi connectivity index (χ4n) is 1.73. The third-order valence-electron chi connectivity index (χ3n) is 2.96. The molecule has 0 spiro atoms. The van der Waals surface area contributed by atoms with E-state index in [4.69, 9.17) is 11.6 Å². The molecule has 0 bridgehead atoms. The van der Waals surface area contributed by atoms with E-state index >= 15 is 0 Å². The van der Waals surface area contributed by atoms with Crippen LogP contribution in [-0.4, -0.2) is 35.3 Å². The van der Waals surface area contributed by atoms with Gasteiger partial charge in [-0.1, -0.05) is 20.4 Å². The summed E-state index contributed by atoms with van der Waals surface area (Å²) >= 11 is 6.26. The topological polar surface area (TPSA) is 46.6 Å². The maximum Gasteiger partial charge on any atom is 0.354 e. The van der Waals surface area contributed by atoms with Crippen LogP contribution in [-0.2, 0) is 14.3 Å². The van der Waals surface area contributed by atoms with Crippen molar-refractivity contribution in [1.82, 2.24) is 4.90 Å². The van der Waals surface area contributed by atoms with Crippen LogP contribution in [0.1, 0.15) is 20.3 Å². The summed E-state index contributed by atoms with van der Waals surface area (Å²) in [6.45, 7) is 7.73. The van der Waals surface area contributed by atoms with Gasteiger partial charge in [0.25, 0.3) is 0 Å². The number of rotatable bonds is 3. The van der Waals surface area contributed by atoms with E-state index in [-0.39, 0.29) is 17.5 Å². The van der Waals surface area contributed by atoms with Crippen LogP contribution in [0.15, 0.2) is 12.3 Å². The van der Waals surface area contributed by atoms with Crippen molar-refractivity contribution in [2.24, 2.45) is 5.92 Å². The summed E-state index contributed by atoms with van der Waals surface area (Å²) in [6, 6.07) is 0. The van der Waals surface area contributed by atoms with E-state index in [0.29, 0.717) is 13.0 Å². The molecule has 1 fully saturated rings. The largest absolute Gasteiger partial charge is 0.464 e. The Hall–Kier alpha value is -1.03. The quantitative estimate of drug-likeness (QED) is 0.431. The van der Waals surface area contributed by atoms with Crippen LogP contribution in [0.4, 0.5) is 0 Å². The lowest BCUT2D eigenvalue weighted by Crippen LogP contribution is -2.40. The Labute approximate surface area is 100 Å². The van der Waals surface area contributed by atoms with Crippen LogP contribution in [0.5, 0.6) is 0 Å². The Morgan fingerprint density at radius 2 is 2.19 bits per heavy atom. The zero-order valence-electron chi connectivity index (χ0n) is 9.75.